The van der Waals surface area contributed by atoms with Crippen LogP contribution in [0.25, 0.3) is 0 Å². The average Bonchev–Trinajstić information content (AvgIpc) is 2.16. The fraction of sp³-hybridized carbons (Fsp3) is 0.125. The molecule has 3 N–H and O–H groups in total. The lowest BCUT2D eigenvalue weighted by Crippen LogP contribution is -2.39. The zero-order valence-electron chi connectivity index (χ0n) is 6.86. The molecule has 0 aromatic heterocycles. The Hall–Kier alpha value is -1.59. The molecule has 1 heterocycles. The Kier molecular flexibility index (Phi) is 1.88. The predicted octanol–water partition coefficient (Wildman–Crippen LogP) is 0.250. The molecule has 0 saturated heterocycles. The molecule has 1 amide bonds. The summed E-state index contributed by atoms with van der Waals surface area (Å²) in [4.78, 5) is 15.7. The fourth-order valence-corrected chi connectivity index (χ4v) is 1.30. The van der Waals surface area contributed by atoms with Gasteiger partial charge in [-0.2, -0.15) is 10.8 Å². The van der Waals surface area contributed by atoms with E-state index in [4.69, 9.17) is 5.90 Å². The van der Waals surface area contributed by atoms with Crippen LogP contribution in [-0.2, 0) is 9.73 Å². The standard InChI is InChI=1S/C8H9N3O2/c9-13-11-5-8(12)10-6-3-1-2-4-7(6)11/h1-4H,5,9H2,(H,10,12). The second-order valence-corrected chi connectivity index (χ2v) is 2.71. The molecule has 1 aromatic rings. The molecule has 68 valence electrons. The SMILES string of the molecule is NON1CC(=O)Nc2ccccc21. The second kappa shape index (κ2) is 3.04. The van der Waals surface area contributed by atoms with Crippen molar-refractivity contribution < 1.29 is 9.73 Å². The number of nitrogens with zero attached hydrogens (tertiary/aromatic N) is 1. The summed E-state index contributed by atoms with van der Waals surface area (Å²) in [6.45, 7) is 0.119. The molecule has 0 atom stereocenters. The van der Waals surface area contributed by atoms with Crippen molar-refractivity contribution in [3.8, 4) is 0 Å². The maximum atomic E-state index is 11.1. The minimum Gasteiger partial charge on any atom is -0.323 e. The van der Waals surface area contributed by atoms with Gasteiger partial charge in [-0.1, -0.05) is 12.1 Å². The van der Waals surface area contributed by atoms with Gasteiger partial charge in [-0.25, -0.2) is 5.06 Å². The Morgan fingerprint density at radius 1 is 1.46 bits per heavy atom. The first-order chi connectivity index (χ1) is 6.31. The van der Waals surface area contributed by atoms with E-state index in [1.807, 2.05) is 18.2 Å². The van der Waals surface area contributed by atoms with Gasteiger partial charge >= 0.3 is 0 Å². The normalized spacial score (nSPS) is 15.2. The first kappa shape index (κ1) is 8.03. The average molecular weight is 179 g/mol. The number of para-hydroxylation sites is 2. The van der Waals surface area contributed by atoms with Crippen molar-refractivity contribution in [2.45, 2.75) is 0 Å². The minimum atomic E-state index is -0.135. The molecule has 1 aromatic carbocycles. The molecule has 0 radical (unpaired) electrons. The molecule has 0 unspecified atom stereocenters. The number of hydroxylamine groups is 1. The van der Waals surface area contributed by atoms with Crippen LogP contribution in [0.1, 0.15) is 0 Å². The highest BCUT2D eigenvalue weighted by Gasteiger charge is 2.21. The van der Waals surface area contributed by atoms with Gasteiger partial charge in [0.1, 0.15) is 6.54 Å². The van der Waals surface area contributed by atoms with Crippen molar-refractivity contribution >= 4 is 17.3 Å². The molecule has 5 heteroatoms. The van der Waals surface area contributed by atoms with E-state index in [1.165, 1.54) is 5.06 Å². The topological polar surface area (TPSA) is 67.6 Å². The third-order valence-corrected chi connectivity index (χ3v) is 1.86. The number of rotatable bonds is 1. The van der Waals surface area contributed by atoms with Crippen LogP contribution in [0.5, 0.6) is 0 Å². The molecular formula is C8H9N3O2. The number of carbonyl (C=O) groups excluding carboxylic acids is 1. The number of benzene rings is 1. The van der Waals surface area contributed by atoms with Gasteiger partial charge in [0, 0.05) is 0 Å². The van der Waals surface area contributed by atoms with E-state index in [0.29, 0.717) is 5.69 Å². The fourth-order valence-electron chi connectivity index (χ4n) is 1.30. The lowest BCUT2D eigenvalue weighted by atomic mass is 10.2. The Morgan fingerprint density at radius 3 is 3.00 bits per heavy atom. The Bertz CT molecular complexity index is 340. The minimum absolute atomic E-state index is 0.119. The number of hydrogen-bond acceptors (Lipinski definition) is 4. The molecule has 1 aliphatic rings. The maximum Gasteiger partial charge on any atom is 0.246 e. The van der Waals surface area contributed by atoms with Crippen LogP contribution in [0.15, 0.2) is 24.3 Å². The highest BCUT2D eigenvalue weighted by molar-refractivity contribution is 6.00. The first-order valence-electron chi connectivity index (χ1n) is 3.84. The second-order valence-electron chi connectivity index (χ2n) is 2.71. The lowest BCUT2D eigenvalue weighted by molar-refractivity contribution is -0.116. The summed E-state index contributed by atoms with van der Waals surface area (Å²) in [6.07, 6.45) is 0. The number of carbonyl (C=O) groups is 1. The van der Waals surface area contributed by atoms with Gasteiger partial charge in [-0.15, -0.1) is 0 Å². The largest absolute Gasteiger partial charge is 0.323 e. The van der Waals surface area contributed by atoms with E-state index in [1.54, 1.807) is 6.07 Å². The Labute approximate surface area is 75.0 Å². The third-order valence-electron chi connectivity index (χ3n) is 1.86. The van der Waals surface area contributed by atoms with E-state index in [-0.39, 0.29) is 12.5 Å². The molecule has 0 spiro atoms. The molecule has 0 aliphatic carbocycles. The van der Waals surface area contributed by atoms with E-state index in [0.717, 1.165) is 5.69 Å². The summed E-state index contributed by atoms with van der Waals surface area (Å²) < 4.78 is 0. The number of nitrogens with one attached hydrogen (secondary N) is 1. The zero-order valence-corrected chi connectivity index (χ0v) is 6.86. The van der Waals surface area contributed by atoms with Gasteiger partial charge in [0.2, 0.25) is 5.91 Å². The summed E-state index contributed by atoms with van der Waals surface area (Å²) in [5.74, 6) is 4.89. The van der Waals surface area contributed by atoms with Crippen molar-refractivity contribution in [2.24, 2.45) is 5.90 Å². The molecule has 5 nitrogen and oxygen atoms in total. The summed E-state index contributed by atoms with van der Waals surface area (Å²) in [7, 11) is 0. The van der Waals surface area contributed by atoms with Crippen LogP contribution in [0.2, 0.25) is 0 Å². The first-order valence-corrected chi connectivity index (χ1v) is 3.84. The van der Waals surface area contributed by atoms with Crippen molar-refractivity contribution in [1.29, 1.82) is 0 Å². The van der Waals surface area contributed by atoms with Crippen molar-refractivity contribution in [1.82, 2.24) is 0 Å². The number of fused-ring (bicyclic) bond motifs is 1. The lowest BCUT2D eigenvalue weighted by Gasteiger charge is -2.27. The maximum absolute atomic E-state index is 11.1. The molecule has 13 heavy (non-hydrogen) atoms. The van der Waals surface area contributed by atoms with Gasteiger partial charge in [0.05, 0.1) is 11.4 Å². The third kappa shape index (κ3) is 1.34. The van der Waals surface area contributed by atoms with Gasteiger partial charge in [-0.3, -0.25) is 4.79 Å². The van der Waals surface area contributed by atoms with Crippen LogP contribution in [-0.4, -0.2) is 12.5 Å². The number of amides is 1. The smallest absolute Gasteiger partial charge is 0.246 e. The van der Waals surface area contributed by atoms with Gasteiger partial charge in [0.25, 0.3) is 0 Å². The van der Waals surface area contributed by atoms with Gasteiger partial charge < -0.3 is 5.32 Å². The zero-order chi connectivity index (χ0) is 9.26. The molecule has 0 bridgehead atoms. The van der Waals surface area contributed by atoms with Gasteiger partial charge in [-0.05, 0) is 12.1 Å². The van der Waals surface area contributed by atoms with Crippen molar-refractivity contribution in [3.05, 3.63) is 24.3 Å². The number of hydrogen-bond donors (Lipinski definition) is 2. The van der Waals surface area contributed by atoms with Gasteiger partial charge in [0.15, 0.2) is 0 Å². The molecule has 0 saturated carbocycles. The summed E-state index contributed by atoms with van der Waals surface area (Å²) in [5.41, 5.74) is 1.48. The van der Waals surface area contributed by atoms with E-state index in [9.17, 15) is 4.79 Å². The number of anilines is 2. The van der Waals surface area contributed by atoms with Crippen LogP contribution >= 0.6 is 0 Å². The molecule has 2 rings (SSSR count). The molecular weight excluding hydrogens is 170 g/mol. The highest BCUT2D eigenvalue weighted by Crippen LogP contribution is 2.27. The van der Waals surface area contributed by atoms with E-state index < -0.39 is 0 Å². The van der Waals surface area contributed by atoms with Crippen LogP contribution in [0.4, 0.5) is 11.4 Å². The number of nitrogens with two attached hydrogens (primary N) is 1. The van der Waals surface area contributed by atoms with Crippen LogP contribution in [0.3, 0.4) is 0 Å². The summed E-state index contributed by atoms with van der Waals surface area (Å²) in [5, 5.41) is 4.05. The predicted molar refractivity (Wildman–Crippen MR) is 47.7 cm³/mol. The highest BCUT2D eigenvalue weighted by atomic mass is 16.8. The molecule has 0 fully saturated rings. The van der Waals surface area contributed by atoms with Crippen molar-refractivity contribution in [2.75, 3.05) is 16.9 Å². The Morgan fingerprint density at radius 2 is 2.23 bits per heavy atom. The van der Waals surface area contributed by atoms with Crippen LogP contribution < -0.4 is 16.3 Å². The van der Waals surface area contributed by atoms with E-state index in [2.05, 4.69) is 10.3 Å². The summed E-state index contributed by atoms with van der Waals surface area (Å²) >= 11 is 0. The van der Waals surface area contributed by atoms with Crippen molar-refractivity contribution in [3.63, 3.8) is 0 Å². The monoisotopic (exact) mass is 179 g/mol. The molecule has 1 aliphatic heterocycles. The van der Waals surface area contributed by atoms with E-state index >= 15 is 0 Å². The Balaban J connectivity index is 2.42. The summed E-state index contributed by atoms with van der Waals surface area (Å²) in [6, 6.07) is 7.29. The van der Waals surface area contributed by atoms with Crippen LogP contribution in [0, 0.1) is 0 Å². The quantitative estimate of drug-likeness (QED) is 0.606.